The predicted molar refractivity (Wildman–Crippen MR) is 188 cm³/mol. The lowest BCUT2D eigenvalue weighted by molar-refractivity contribution is 0.0206. The zero-order chi connectivity index (χ0) is 34.0. The molecule has 14 heteroatoms. The number of rotatable bonds is 8. The molecule has 1 saturated heterocycles. The van der Waals surface area contributed by atoms with Crippen molar-refractivity contribution in [3.8, 4) is 22.9 Å². The summed E-state index contributed by atoms with van der Waals surface area (Å²) in [6, 6.07) is 16.6. The summed E-state index contributed by atoms with van der Waals surface area (Å²) >= 11 is -1.18. The molecule has 2 atom stereocenters. The molecule has 0 aliphatic carbocycles. The first-order valence-corrected chi connectivity index (χ1v) is 17.4. The van der Waals surface area contributed by atoms with Crippen molar-refractivity contribution in [2.24, 2.45) is 0 Å². The number of aryl methyl sites for hydroxylation is 2. The minimum Gasteiger partial charge on any atom is -0.444 e. The van der Waals surface area contributed by atoms with E-state index >= 15 is 0 Å². The third-order valence-corrected chi connectivity index (χ3v) is 9.37. The smallest absolute Gasteiger partial charge is 0.410 e. The van der Waals surface area contributed by atoms with Gasteiger partial charge in [-0.3, -0.25) is 4.55 Å². The van der Waals surface area contributed by atoms with Gasteiger partial charge in [-0.1, -0.05) is 24.3 Å². The molecule has 5 aromatic rings. The highest BCUT2D eigenvalue weighted by atomic mass is 32.2. The molecule has 0 spiro atoms. The summed E-state index contributed by atoms with van der Waals surface area (Å²) in [5, 5.41) is 5.42. The van der Waals surface area contributed by atoms with Gasteiger partial charge < -0.3 is 19.7 Å². The minimum absolute atomic E-state index is 0.0413. The lowest BCUT2D eigenvalue weighted by atomic mass is 10.0. The van der Waals surface area contributed by atoms with Gasteiger partial charge in [0.05, 0.1) is 22.6 Å². The Morgan fingerprint density at radius 2 is 1.92 bits per heavy atom. The Morgan fingerprint density at radius 1 is 1.08 bits per heavy atom. The van der Waals surface area contributed by atoms with E-state index in [2.05, 4.69) is 19.7 Å². The molecule has 12 nitrogen and oxygen atoms in total. The summed E-state index contributed by atoms with van der Waals surface area (Å²) in [6.45, 7) is 10.5. The average Bonchev–Trinajstić information content (AvgIpc) is 3.47. The van der Waals surface area contributed by atoms with Gasteiger partial charge in [-0.25, -0.2) is 28.3 Å². The van der Waals surface area contributed by atoms with E-state index in [1.54, 1.807) is 35.5 Å². The number of benzene rings is 2. The van der Waals surface area contributed by atoms with E-state index in [1.165, 1.54) is 4.31 Å². The van der Waals surface area contributed by atoms with Crippen LogP contribution in [0.4, 0.5) is 21.4 Å². The number of carbonyl (C=O) groups is 1. The molecular weight excluding hydrogens is 651 g/mol. The first-order chi connectivity index (χ1) is 23.0. The zero-order valence-corrected chi connectivity index (χ0v) is 29.0. The fraction of sp³-hybridized carbons (Fsp3) is 0.324. The molecule has 250 valence electrons. The molecular formula is C34H37N7O5S2. The van der Waals surface area contributed by atoms with Crippen molar-refractivity contribution in [3.05, 3.63) is 78.2 Å². The molecule has 48 heavy (non-hydrogen) atoms. The number of nitrogens with one attached hydrogen (secondary N) is 1. The summed E-state index contributed by atoms with van der Waals surface area (Å²) in [5.41, 5.74) is 2.87. The maximum absolute atomic E-state index is 12.7. The Balaban J connectivity index is 1.28. The van der Waals surface area contributed by atoms with Gasteiger partial charge in [0.1, 0.15) is 16.4 Å². The Morgan fingerprint density at radius 3 is 2.67 bits per heavy atom. The van der Waals surface area contributed by atoms with Crippen LogP contribution in [0.5, 0.6) is 11.6 Å². The predicted octanol–water partition coefficient (Wildman–Crippen LogP) is 7.64. The minimum atomic E-state index is -2.34. The quantitative estimate of drug-likeness (QED) is 0.156. The number of pyridine rings is 1. The normalized spacial score (nSPS) is 15.6. The topological polar surface area (TPSA) is 143 Å². The fourth-order valence-corrected chi connectivity index (χ4v) is 7.08. The van der Waals surface area contributed by atoms with Gasteiger partial charge in [0.2, 0.25) is 11.8 Å². The summed E-state index contributed by atoms with van der Waals surface area (Å²) < 4.78 is 40.7. The third-order valence-electron chi connectivity index (χ3n) is 7.68. The van der Waals surface area contributed by atoms with Crippen LogP contribution in [0.2, 0.25) is 0 Å². The van der Waals surface area contributed by atoms with Crippen LogP contribution < -0.4 is 14.4 Å². The number of hydrogen-bond donors (Lipinski definition) is 2. The molecule has 1 amide bonds. The first kappa shape index (κ1) is 33.2. The van der Waals surface area contributed by atoms with Crippen LogP contribution in [0.25, 0.3) is 22.0 Å². The summed E-state index contributed by atoms with van der Waals surface area (Å²) in [7, 11) is 0. The largest absolute Gasteiger partial charge is 0.444 e. The number of fused-ring (bicyclic) bond motifs is 1. The van der Waals surface area contributed by atoms with E-state index in [-0.39, 0.29) is 12.1 Å². The van der Waals surface area contributed by atoms with Crippen molar-refractivity contribution in [1.29, 1.82) is 0 Å². The number of amides is 1. The molecule has 0 bridgehead atoms. The van der Waals surface area contributed by atoms with Gasteiger partial charge >= 0.3 is 6.09 Å². The molecule has 2 aromatic carbocycles. The van der Waals surface area contributed by atoms with Gasteiger partial charge in [-0.15, -0.1) is 0 Å². The number of carbonyl (C=O) groups excluding carboxylic acids is 1. The van der Waals surface area contributed by atoms with Gasteiger partial charge in [0.25, 0.3) is 11.3 Å². The Labute approximate surface area is 285 Å². The lowest BCUT2D eigenvalue weighted by Gasteiger charge is -2.34. The fourth-order valence-electron chi connectivity index (χ4n) is 5.57. The number of piperidine rings is 1. The van der Waals surface area contributed by atoms with Crippen LogP contribution in [0.15, 0.2) is 67.0 Å². The van der Waals surface area contributed by atoms with E-state index in [0.717, 1.165) is 46.4 Å². The molecule has 3 aromatic heterocycles. The number of hydrogen-bond acceptors (Lipinski definition) is 10. The third kappa shape index (κ3) is 7.40. The summed E-state index contributed by atoms with van der Waals surface area (Å²) in [6.07, 6.45) is 4.70. The summed E-state index contributed by atoms with van der Waals surface area (Å²) in [4.78, 5) is 28.2. The monoisotopic (exact) mass is 687 g/mol. The van der Waals surface area contributed by atoms with Crippen LogP contribution in [-0.2, 0) is 16.0 Å². The maximum Gasteiger partial charge on any atom is 0.410 e. The highest BCUT2D eigenvalue weighted by Crippen LogP contribution is 2.42. The van der Waals surface area contributed by atoms with E-state index < -0.39 is 16.9 Å². The molecule has 6 rings (SSSR count). The highest BCUT2D eigenvalue weighted by Gasteiger charge is 2.28. The van der Waals surface area contributed by atoms with E-state index in [9.17, 15) is 13.6 Å². The second kappa shape index (κ2) is 13.8. The Kier molecular flexibility index (Phi) is 9.58. The summed E-state index contributed by atoms with van der Waals surface area (Å²) in [5.74, 6) is 1.34. The van der Waals surface area contributed by atoms with Crippen molar-refractivity contribution >= 4 is 56.3 Å². The molecule has 4 heterocycles. The van der Waals surface area contributed by atoms with Crippen LogP contribution >= 0.6 is 11.5 Å². The lowest BCUT2D eigenvalue weighted by Crippen LogP contribution is -2.47. The molecule has 1 unspecified atom stereocenters. The zero-order valence-electron chi connectivity index (χ0n) is 27.3. The number of aromatic nitrogens is 4. The number of likely N-dealkylation sites (tertiary alicyclic amines) is 1. The average molecular weight is 688 g/mol. The van der Waals surface area contributed by atoms with Gasteiger partial charge in [-0.05, 0) is 94.9 Å². The van der Waals surface area contributed by atoms with E-state index in [4.69, 9.17) is 14.5 Å². The van der Waals surface area contributed by atoms with Crippen molar-refractivity contribution in [1.82, 2.24) is 24.2 Å². The molecule has 1 fully saturated rings. The number of ether oxygens (including phenoxy) is 2. The van der Waals surface area contributed by atoms with Crippen LogP contribution in [-0.4, -0.2) is 63.8 Å². The molecule has 2 N–H and O–H groups in total. The van der Waals surface area contributed by atoms with Crippen molar-refractivity contribution in [3.63, 3.8) is 0 Å². The van der Waals surface area contributed by atoms with Gasteiger partial charge in [-0.2, -0.15) is 4.37 Å². The second-order valence-electron chi connectivity index (χ2n) is 12.5. The van der Waals surface area contributed by atoms with E-state index in [0.29, 0.717) is 52.6 Å². The van der Waals surface area contributed by atoms with Crippen LogP contribution in [0.3, 0.4) is 0 Å². The molecule has 0 saturated carbocycles. The van der Waals surface area contributed by atoms with Crippen LogP contribution in [0.1, 0.15) is 44.9 Å². The van der Waals surface area contributed by atoms with Crippen LogP contribution in [0, 0.1) is 13.8 Å². The van der Waals surface area contributed by atoms with Gasteiger partial charge in [0.15, 0.2) is 0 Å². The van der Waals surface area contributed by atoms with Crippen molar-refractivity contribution < 1.29 is 23.0 Å². The van der Waals surface area contributed by atoms with Crippen molar-refractivity contribution in [2.75, 3.05) is 22.7 Å². The Bertz CT molecular complexity index is 1980. The standard InChI is InChI=1S/C34H37N7O5S2/c1-21-13-14-24-25(10-6-12-28(24)41(48(43)44)29-19-22(2)39-47-29)30(21)45-31-26(11-7-16-35-31)27-15-17-36-32(38-27)37-23-9-8-18-40(20-23)33(42)46-34(3,4)5/h6-7,10-17,19,23H,8-9,18,20H2,1-5H3,(H,43,44)(H,36,37,38)/t23-/m0/s1. The molecule has 1 aliphatic heterocycles. The van der Waals surface area contributed by atoms with Gasteiger partial charge in [0, 0.05) is 42.3 Å². The first-order valence-electron chi connectivity index (χ1n) is 15.5. The van der Waals surface area contributed by atoms with Crippen molar-refractivity contribution in [2.45, 2.75) is 59.1 Å². The Hall–Kier alpha value is -4.66. The number of anilines is 3. The second-order valence-corrected chi connectivity index (χ2v) is 14.2. The molecule has 0 radical (unpaired) electrons. The molecule has 1 aliphatic rings. The highest BCUT2D eigenvalue weighted by molar-refractivity contribution is 7.81. The maximum atomic E-state index is 12.7. The number of nitrogens with zero attached hydrogens (tertiary/aromatic N) is 6. The van der Waals surface area contributed by atoms with E-state index in [1.807, 2.05) is 71.0 Å². The SMILES string of the molecule is Cc1cc(N(c2cccc3c(Oc4ncccc4-c4ccnc(N[C@H]5CCCN(C(=O)OC(C)(C)C)C5)n4)c(C)ccc23)S(=O)O)sn1.